The van der Waals surface area contributed by atoms with Crippen molar-refractivity contribution in [1.29, 1.82) is 0 Å². The molecule has 0 spiro atoms. The van der Waals surface area contributed by atoms with Gasteiger partial charge < -0.3 is 10.5 Å². The van der Waals surface area contributed by atoms with E-state index in [1.54, 1.807) is 12.1 Å². The first-order chi connectivity index (χ1) is 9.97. The summed E-state index contributed by atoms with van der Waals surface area (Å²) < 4.78 is 6.71. The van der Waals surface area contributed by atoms with Gasteiger partial charge in [-0.15, -0.1) is 0 Å². The van der Waals surface area contributed by atoms with E-state index in [0.29, 0.717) is 12.4 Å². The van der Waals surface area contributed by atoms with Gasteiger partial charge in [-0.25, -0.2) is 0 Å². The Hall–Kier alpha value is -1.92. The molecule has 5 nitrogen and oxygen atoms in total. The minimum atomic E-state index is -0.423. The number of rotatable bonds is 5. The Morgan fingerprint density at radius 2 is 1.95 bits per heavy atom. The van der Waals surface area contributed by atoms with Gasteiger partial charge in [0.2, 0.25) is 0 Å². The number of halogens is 1. The van der Waals surface area contributed by atoms with E-state index in [9.17, 15) is 10.1 Å². The molecule has 110 valence electrons. The van der Waals surface area contributed by atoms with E-state index in [4.69, 9.17) is 10.5 Å². The van der Waals surface area contributed by atoms with Crippen LogP contribution in [0.15, 0.2) is 46.9 Å². The fraction of sp³-hybridized carbons (Fsp3) is 0.200. The summed E-state index contributed by atoms with van der Waals surface area (Å²) in [5.74, 6) is 0.714. The highest BCUT2D eigenvalue weighted by Crippen LogP contribution is 2.28. The highest BCUT2D eigenvalue weighted by Gasteiger charge is 2.10. The monoisotopic (exact) mass is 350 g/mol. The summed E-state index contributed by atoms with van der Waals surface area (Å²) in [6, 6.07) is 11.8. The van der Waals surface area contributed by atoms with Gasteiger partial charge in [0.1, 0.15) is 12.4 Å². The molecule has 1 atom stereocenters. The molecular weight excluding hydrogens is 336 g/mol. The number of nitro benzene ring substituents is 1. The Bertz CT molecular complexity index is 642. The van der Waals surface area contributed by atoms with Gasteiger partial charge in [-0.05, 0) is 42.8 Å². The van der Waals surface area contributed by atoms with Crippen molar-refractivity contribution in [2.24, 2.45) is 5.73 Å². The lowest BCUT2D eigenvalue weighted by Gasteiger charge is -2.14. The second-order valence-electron chi connectivity index (χ2n) is 4.68. The second kappa shape index (κ2) is 6.69. The first-order valence-corrected chi connectivity index (χ1v) is 7.18. The molecule has 0 heterocycles. The largest absolute Gasteiger partial charge is 0.489 e. The Labute approximate surface area is 131 Å². The molecule has 0 saturated heterocycles. The standard InChI is InChI=1S/C15H15BrN2O3/c1-10(17)14-8-12(16)4-7-15(14)21-9-11-2-5-13(6-3-11)18(19)20/h2-8,10H,9,17H2,1H3/t10-/m0/s1. The van der Waals surface area contributed by atoms with Gasteiger partial charge in [0.25, 0.3) is 5.69 Å². The van der Waals surface area contributed by atoms with Crippen LogP contribution in [0, 0.1) is 10.1 Å². The zero-order valence-electron chi connectivity index (χ0n) is 11.5. The first-order valence-electron chi connectivity index (χ1n) is 6.38. The van der Waals surface area contributed by atoms with Gasteiger partial charge >= 0.3 is 0 Å². The normalized spacial score (nSPS) is 12.0. The van der Waals surface area contributed by atoms with Gasteiger partial charge in [0.05, 0.1) is 4.92 Å². The predicted molar refractivity (Wildman–Crippen MR) is 84.2 cm³/mol. The minimum Gasteiger partial charge on any atom is -0.489 e. The van der Waals surface area contributed by atoms with E-state index >= 15 is 0 Å². The van der Waals surface area contributed by atoms with Crippen molar-refractivity contribution in [3.8, 4) is 5.75 Å². The zero-order valence-corrected chi connectivity index (χ0v) is 13.0. The fourth-order valence-corrected chi connectivity index (χ4v) is 2.26. The van der Waals surface area contributed by atoms with Gasteiger partial charge in [0, 0.05) is 28.2 Å². The number of nitrogens with zero attached hydrogens (tertiary/aromatic N) is 1. The van der Waals surface area contributed by atoms with Crippen molar-refractivity contribution >= 4 is 21.6 Å². The van der Waals surface area contributed by atoms with Crippen LogP contribution in [0.4, 0.5) is 5.69 Å². The highest BCUT2D eigenvalue weighted by molar-refractivity contribution is 9.10. The molecule has 0 radical (unpaired) electrons. The molecule has 2 rings (SSSR count). The molecule has 0 aromatic heterocycles. The van der Waals surface area contributed by atoms with Crippen LogP contribution in [0.2, 0.25) is 0 Å². The Morgan fingerprint density at radius 3 is 2.52 bits per heavy atom. The maximum atomic E-state index is 10.6. The molecule has 0 bridgehead atoms. The van der Waals surface area contributed by atoms with Crippen molar-refractivity contribution in [2.45, 2.75) is 19.6 Å². The van der Waals surface area contributed by atoms with Crippen LogP contribution in [0.3, 0.4) is 0 Å². The summed E-state index contributed by atoms with van der Waals surface area (Å²) in [6.45, 7) is 2.22. The van der Waals surface area contributed by atoms with Crippen molar-refractivity contribution in [3.63, 3.8) is 0 Å². The minimum absolute atomic E-state index is 0.0682. The van der Waals surface area contributed by atoms with Crippen molar-refractivity contribution in [1.82, 2.24) is 0 Å². The molecule has 0 aliphatic carbocycles. The lowest BCUT2D eigenvalue weighted by molar-refractivity contribution is -0.384. The van der Waals surface area contributed by atoms with Crippen LogP contribution in [0.1, 0.15) is 24.1 Å². The Balaban J connectivity index is 2.11. The molecule has 0 amide bonds. The van der Waals surface area contributed by atoms with E-state index in [-0.39, 0.29) is 11.7 Å². The maximum Gasteiger partial charge on any atom is 0.269 e. The number of benzene rings is 2. The maximum absolute atomic E-state index is 10.6. The topological polar surface area (TPSA) is 78.4 Å². The van der Waals surface area contributed by atoms with E-state index in [1.165, 1.54) is 12.1 Å². The molecule has 0 aliphatic rings. The SMILES string of the molecule is C[C@H](N)c1cc(Br)ccc1OCc1ccc([N+](=O)[O-])cc1. The third-order valence-electron chi connectivity index (χ3n) is 3.00. The molecular formula is C15H15BrN2O3. The molecule has 0 unspecified atom stereocenters. The van der Waals surface area contributed by atoms with Gasteiger partial charge in [-0.3, -0.25) is 10.1 Å². The van der Waals surface area contributed by atoms with E-state index < -0.39 is 4.92 Å². The number of ether oxygens (including phenoxy) is 1. The quantitative estimate of drug-likeness (QED) is 0.653. The van der Waals surface area contributed by atoms with Gasteiger partial charge in [0.15, 0.2) is 0 Å². The second-order valence-corrected chi connectivity index (χ2v) is 5.60. The number of non-ortho nitro benzene ring substituents is 1. The fourth-order valence-electron chi connectivity index (χ4n) is 1.88. The highest BCUT2D eigenvalue weighted by atomic mass is 79.9. The summed E-state index contributed by atoms with van der Waals surface area (Å²) in [5.41, 5.74) is 7.77. The van der Waals surface area contributed by atoms with E-state index in [2.05, 4.69) is 15.9 Å². The summed E-state index contributed by atoms with van der Waals surface area (Å²) in [7, 11) is 0. The number of nitrogens with two attached hydrogens (primary N) is 1. The van der Waals surface area contributed by atoms with Crippen LogP contribution in [0.5, 0.6) is 5.75 Å². The molecule has 2 N–H and O–H groups in total. The molecule has 2 aromatic carbocycles. The summed E-state index contributed by atoms with van der Waals surface area (Å²) in [4.78, 5) is 10.2. The van der Waals surface area contributed by atoms with Crippen LogP contribution in [-0.2, 0) is 6.61 Å². The summed E-state index contributed by atoms with van der Waals surface area (Å²) >= 11 is 3.41. The molecule has 0 saturated carbocycles. The smallest absolute Gasteiger partial charge is 0.269 e. The number of hydrogen-bond donors (Lipinski definition) is 1. The van der Waals surface area contributed by atoms with Crippen LogP contribution < -0.4 is 10.5 Å². The third kappa shape index (κ3) is 4.03. The third-order valence-corrected chi connectivity index (χ3v) is 3.50. The number of nitro groups is 1. The summed E-state index contributed by atoms with van der Waals surface area (Å²) in [5, 5.41) is 10.6. The van der Waals surface area contributed by atoms with Crippen LogP contribution >= 0.6 is 15.9 Å². The molecule has 2 aromatic rings. The van der Waals surface area contributed by atoms with E-state index in [0.717, 1.165) is 15.6 Å². The van der Waals surface area contributed by atoms with Crippen LogP contribution in [0.25, 0.3) is 0 Å². The van der Waals surface area contributed by atoms with Crippen LogP contribution in [-0.4, -0.2) is 4.92 Å². The average Bonchev–Trinajstić information content (AvgIpc) is 2.46. The predicted octanol–water partition coefficient (Wildman–Crippen LogP) is 3.96. The molecule has 21 heavy (non-hydrogen) atoms. The van der Waals surface area contributed by atoms with Crippen molar-refractivity contribution in [3.05, 3.63) is 68.2 Å². The lowest BCUT2D eigenvalue weighted by atomic mass is 10.1. The average molecular weight is 351 g/mol. The first kappa shape index (κ1) is 15.5. The van der Waals surface area contributed by atoms with Gasteiger partial charge in [-0.1, -0.05) is 15.9 Å². The Morgan fingerprint density at radius 1 is 1.29 bits per heavy atom. The lowest BCUT2D eigenvalue weighted by Crippen LogP contribution is -2.08. The molecule has 0 aliphatic heterocycles. The van der Waals surface area contributed by atoms with Crippen molar-refractivity contribution in [2.75, 3.05) is 0 Å². The zero-order chi connectivity index (χ0) is 15.4. The number of hydrogen-bond acceptors (Lipinski definition) is 4. The molecule has 0 fully saturated rings. The Kier molecular flexibility index (Phi) is 4.93. The van der Waals surface area contributed by atoms with Crippen molar-refractivity contribution < 1.29 is 9.66 Å². The van der Waals surface area contributed by atoms with Gasteiger partial charge in [-0.2, -0.15) is 0 Å². The molecule has 6 heteroatoms. The summed E-state index contributed by atoms with van der Waals surface area (Å²) in [6.07, 6.45) is 0. The van der Waals surface area contributed by atoms with E-state index in [1.807, 2.05) is 25.1 Å².